The quantitative estimate of drug-likeness (QED) is 0.378. The third-order valence-corrected chi connectivity index (χ3v) is 7.44. The van der Waals surface area contributed by atoms with Crippen LogP contribution in [0.4, 0.5) is 0 Å². The Morgan fingerprint density at radius 1 is 0.621 bits per heavy atom. The number of benzene rings is 4. The molecule has 0 aromatic heterocycles. The molecule has 0 aliphatic heterocycles. The van der Waals surface area contributed by atoms with Crippen LogP contribution in [-0.4, -0.2) is 6.61 Å². The summed E-state index contributed by atoms with van der Waals surface area (Å²) in [6, 6.07) is 39.1. The van der Waals surface area contributed by atoms with Crippen LogP contribution in [0.3, 0.4) is 0 Å². The van der Waals surface area contributed by atoms with Crippen molar-refractivity contribution in [1.82, 2.24) is 0 Å². The molecule has 0 atom stereocenters. The summed E-state index contributed by atoms with van der Waals surface area (Å²) >= 11 is 0. The van der Waals surface area contributed by atoms with E-state index in [1.807, 2.05) is 6.92 Å². The molecule has 4 rings (SSSR count). The normalized spacial score (nSPS) is 10.8. The van der Waals surface area contributed by atoms with Gasteiger partial charge in [-0.3, -0.25) is 0 Å². The highest BCUT2D eigenvalue weighted by Gasteiger charge is 2.19. The van der Waals surface area contributed by atoms with Gasteiger partial charge in [-0.15, -0.1) is 0 Å². The maximum absolute atomic E-state index is 5.59. The van der Waals surface area contributed by atoms with Gasteiger partial charge in [-0.25, -0.2) is 0 Å². The lowest BCUT2D eigenvalue weighted by molar-refractivity contribution is 0.340. The summed E-state index contributed by atoms with van der Waals surface area (Å²) in [6.45, 7) is 2.71. The molecule has 4 aromatic rings. The Balaban J connectivity index is 1.73. The van der Waals surface area contributed by atoms with Crippen LogP contribution in [0.25, 0.3) is 0 Å². The van der Waals surface area contributed by atoms with Gasteiger partial charge >= 0.3 is 0 Å². The van der Waals surface area contributed by atoms with Crippen LogP contribution in [0.2, 0.25) is 0 Å². The van der Waals surface area contributed by atoms with Crippen molar-refractivity contribution in [1.29, 1.82) is 0 Å². The summed E-state index contributed by atoms with van der Waals surface area (Å²) in [5, 5.41) is 4.19. The highest BCUT2D eigenvalue weighted by molar-refractivity contribution is 7.79. The lowest BCUT2D eigenvalue weighted by atomic mass is 10.0. The zero-order valence-electron chi connectivity index (χ0n) is 16.7. The van der Waals surface area contributed by atoms with Crippen LogP contribution >= 0.6 is 7.92 Å². The molecule has 0 heterocycles. The maximum atomic E-state index is 5.59. The van der Waals surface area contributed by atoms with Crippen molar-refractivity contribution in [3.05, 3.63) is 120 Å². The fourth-order valence-electron chi connectivity index (χ4n) is 3.55. The maximum Gasteiger partial charge on any atom is 0.119 e. The van der Waals surface area contributed by atoms with Crippen LogP contribution in [0.15, 0.2) is 109 Å². The first-order valence-corrected chi connectivity index (χ1v) is 11.4. The van der Waals surface area contributed by atoms with Crippen LogP contribution < -0.4 is 20.7 Å². The smallest absolute Gasteiger partial charge is 0.119 e. The topological polar surface area (TPSA) is 9.23 Å². The van der Waals surface area contributed by atoms with E-state index in [0.717, 1.165) is 12.2 Å². The van der Waals surface area contributed by atoms with Gasteiger partial charge < -0.3 is 4.74 Å². The molecule has 0 unspecified atom stereocenters. The SMILES string of the molecule is CCOc1ccc(Cc2ccccc2P(c2ccccc2)c2ccccc2)cc1. The third-order valence-electron chi connectivity index (χ3n) is 4.89. The summed E-state index contributed by atoms with van der Waals surface area (Å²) in [4.78, 5) is 0. The summed E-state index contributed by atoms with van der Waals surface area (Å²) in [7, 11) is -0.600. The van der Waals surface area contributed by atoms with Crippen LogP contribution in [0, 0.1) is 0 Å². The van der Waals surface area contributed by atoms with Crippen molar-refractivity contribution in [2.45, 2.75) is 13.3 Å². The van der Waals surface area contributed by atoms with E-state index in [9.17, 15) is 0 Å². The van der Waals surface area contributed by atoms with E-state index in [0.29, 0.717) is 6.61 Å². The van der Waals surface area contributed by atoms with Crippen LogP contribution in [0.1, 0.15) is 18.1 Å². The van der Waals surface area contributed by atoms with Gasteiger partial charge in [0.2, 0.25) is 0 Å². The van der Waals surface area contributed by atoms with E-state index in [2.05, 4.69) is 109 Å². The second kappa shape index (κ2) is 9.54. The van der Waals surface area contributed by atoms with Gasteiger partial charge in [-0.1, -0.05) is 97.1 Å². The summed E-state index contributed by atoms with van der Waals surface area (Å²) in [5.41, 5.74) is 2.69. The first-order chi connectivity index (χ1) is 14.3. The van der Waals surface area contributed by atoms with Gasteiger partial charge in [0, 0.05) is 0 Å². The van der Waals surface area contributed by atoms with Crippen molar-refractivity contribution >= 4 is 23.8 Å². The molecule has 144 valence electrons. The molecule has 29 heavy (non-hydrogen) atoms. The Morgan fingerprint density at radius 2 is 1.17 bits per heavy atom. The Kier molecular flexibility index (Phi) is 6.39. The second-order valence-electron chi connectivity index (χ2n) is 6.89. The molecule has 0 aliphatic rings. The van der Waals surface area contributed by atoms with Crippen LogP contribution in [-0.2, 0) is 6.42 Å². The van der Waals surface area contributed by atoms with Gasteiger partial charge in [0.25, 0.3) is 0 Å². The first-order valence-electron chi connectivity index (χ1n) is 10.0. The Hall–Kier alpha value is -2.89. The molecule has 0 saturated heterocycles. The van der Waals surface area contributed by atoms with Gasteiger partial charge in [0.15, 0.2) is 0 Å². The van der Waals surface area contributed by atoms with Crippen molar-refractivity contribution in [2.24, 2.45) is 0 Å². The summed E-state index contributed by atoms with van der Waals surface area (Å²) in [5.74, 6) is 0.931. The average molecular weight is 396 g/mol. The van der Waals surface area contributed by atoms with Crippen LogP contribution in [0.5, 0.6) is 5.75 Å². The number of hydrogen-bond acceptors (Lipinski definition) is 1. The Morgan fingerprint density at radius 3 is 1.76 bits per heavy atom. The van der Waals surface area contributed by atoms with Crippen molar-refractivity contribution in [3.63, 3.8) is 0 Å². The molecule has 0 saturated carbocycles. The monoisotopic (exact) mass is 396 g/mol. The molecule has 0 bridgehead atoms. The van der Waals surface area contributed by atoms with E-state index in [-0.39, 0.29) is 0 Å². The van der Waals surface area contributed by atoms with Crippen molar-refractivity contribution < 1.29 is 4.74 Å². The Labute approximate surface area is 174 Å². The fraction of sp³-hybridized carbons (Fsp3) is 0.111. The standard InChI is InChI=1S/C27H25OP/c1-2-28-24-19-17-22(18-20-24)21-23-11-9-10-16-27(23)29(25-12-5-3-6-13-25)26-14-7-4-8-15-26/h3-20H,2,21H2,1H3. The molecule has 1 nitrogen and oxygen atoms in total. The molecular weight excluding hydrogens is 371 g/mol. The minimum atomic E-state index is -0.600. The fourth-order valence-corrected chi connectivity index (χ4v) is 6.02. The number of rotatable bonds is 7. The highest BCUT2D eigenvalue weighted by atomic mass is 31.1. The molecule has 0 spiro atoms. The summed E-state index contributed by atoms with van der Waals surface area (Å²) < 4.78 is 5.59. The van der Waals surface area contributed by atoms with E-state index < -0.39 is 7.92 Å². The molecule has 0 N–H and O–H groups in total. The number of ether oxygens (including phenoxy) is 1. The molecule has 2 heteroatoms. The Bertz CT molecular complexity index is 987. The van der Waals surface area contributed by atoms with E-state index >= 15 is 0 Å². The van der Waals surface area contributed by atoms with Gasteiger partial charge in [0.05, 0.1) is 6.61 Å². The molecule has 0 radical (unpaired) electrons. The lowest BCUT2D eigenvalue weighted by Gasteiger charge is -2.22. The van der Waals surface area contributed by atoms with E-state index in [1.54, 1.807) is 0 Å². The predicted molar refractivity (Wildman–Crippen MR) is 126 cm³/mol. The molecule has 4 aromatic carbocycles. The van der Waals surface area contributed by atoms with E-state index in [1.165, 1.54) is 27.0 Å². The van der Waals surface area contributed by atoms with E-state index in [4.69, 9.17) is 4.74 Å². The number of hydrogen-bond donors (Lipinski definition) is 0. The molecular formula is C27H25OP. The van der Waals surface area contributed by atoms with Crippen molar-refractivity contribution in [2.75, 3.05) is 6.61 Å². The molecule has 0 fully saturated rings. The van der Waals surface area contributed by atoms with Gasteiger partial charge in [0.1, 0.15) is 5.75 Å². The molecule has 0 amide bonds. The van der Waals surface area contributed by atoms with Crippen molar-refractivity contribution in [3.8, 4) is 5.75 Å². The minimum absolute atomic E-state index is 0.600. The zero-order valence-corrected chi connectivity index (χ0v) is 17.6. The lowest BCUT2D eigenvalue weighted by Crippen LogP contribution is -2.23. The minimum Gasteiger partial charge on any atom is -0.494 e. The first kappa shape index (κ1) is 19.4. The molecule has 0 aliphatic carbocycles. The largest absolute Gasteiger partial charge is 0.494 e. The third kappa shape index (κ3) is 4.75. The van der Waals surface area contributed by atoms with Gasteiger partial charge in [-0.05, 0) is 60.4 Å². The highest BCUT2D eigenvalue weighted by Crippen LogP contribution is 2.34. The predicted octanol–water partition coefficient (Wildman–Crippen LogP) is 5.43. The summed E-state index contributed by atoms with van der Waals surface area (Å²) in [6.07, 6.45) is 0.918. The zero-order chi connectivity index (χ0) is 19.9. The average Bonchev–Trinajstić information content (AvgIpc) is 2.78. The second-order valence-corrected chi connectivity index (χ2v) is 9.07. The van der Waals surface area contributed by atoms with Gasteiger partial charge in [-0.2, -0.15) is 0 Å².